The molecule has 0 radical (unpaired) electrons. The first-order chi connectivity index (χ1) is 25.0. The molecule has 10 nitrogen and oxygen atoms in total. The summed E-state index contributed by atoms with van der Waals surface area (Å²) in [6.45, 7) is 12.2. The van der Waals surface area contributed by atoms with Gasteiger partial charge < -0.3 is 19.1 Å². The number of amides is 1. The number of anilines is 1. The maximum Gasteiger partial charge on any atom is 0.264 e. The van der Waals surface area contributed by atoms with Gasteiger partial charge in [0.15, 0.2) is 0 Å². The van der Waals surface area contributed by atoms with Crippen molar-refractivity contribution in [1.82, 2.24) is 14.5 Å². The number of hydrogen-bond donors (Lipinski definition) is 1. The lowest BCUT2D eigenvalue weighted by molar-refractivity contribution is -0.108. The molecule has 0 unspecified atom stereocenters. The van der Waals surface area contributed by atoms with Gasteiger partial charge in [-0.1, -0.05) is 43.7 Å². The van der Waals surface area contributed by atoms with Crippen LogP contribution in [0.25, 0.3) is 0 Å². The lowest BCUT2D eigenvalue weighted by atomic mass is 9.63. The van der Waals surface area contributed by atoms with E-state index in [1.165, 1.54) is 5.56 Å². The number of nitrogens with zero attached hydrogens (tertiary/aromatic N) is 3. The first kappa shape index (κ1) is 37.6. The number of methoxy groups -OCH3 is 1. The SMILES string of the molecule is CO[C@@]1(CN2CCN3CCOC[C@@H]3C2)/C=C/[C@H](C)[C@H](C)CS(=O)(=O)NC(=O)c2ccc3c(c2)N(CCCCc2cc(Cl)ccc2CO3)C[C@@H]2CC[C@H]21. The Morgan fingerprint density at radius 2 is 1.88 bits per heavy atom. The van der Waals surface area contributed by atoms with Crippen molar-refractivity contribution in [3.05, 3.63) is 70.3 Å². The number of nitrogens with one attached hydrogen (secondary N) is 1. The highest BCUT2D eigenvalue weighted by Gasteiger charge is 2.49. The van der Waals surface area contributed by atoms with Crippen molar-refractivity contribution >= 4 is 33.2 Å². The fourth-order valence-corrected chi connectivity index (χ4v) is 10.6. The number of ether oxygens (including phenoxy) is 3. The molecule has 2 aromatic carbocycles. The van der Waals surface area contributed by atoms with E-state index in [1.54, 1.807) is 6.07 Å². The average molecular weight is 755 g/mol. The van der Waals surface area contributed by atoms with E-state index in [9.17, 15) is 13.2 Å². The van der Waals surface area contributed by atoms with Crippen LogP contribution in [0.5, 0.6) is 5.75 Å². The third kappa shape index (κ3) is 8.35. The molecule has 284 valence electrons. The van der Waals surface area contributed by atoms with Gasteiger partial charge in [0.1, 0.15) is 18.0 Å². The smallest absolute Gasteiger partial charge is 0.264 e. The Labute approximate surface area is 314 Å². The molecule has 4 heterocycles. The number of halogens is 1. The Bertz CT molecular complexity index is 1740. The van der Waals surface area contributed by atoms with Crippen LogP contribution >= 0.6 is 11.6 Å². The molecule has 52 heavy (non-hydrogen) atoms. The number of benzene rings is 2. The Morgan fingerprint density at radius 1 is 1.02 bits per heavy atom. The summed E-state index contributed by atoms with van der Waals surface area (Å²) in [5.74, 6) is 0.214. The summed E-state index contributed by atoms with van der Waals surface area (Å²) < 4.78 is 48.3. The number of carbonyl (C=O) groups is 1. The van der Waals surface area contributed by atoms with Crippen molar-refractivity contribution < 1.29 is 27.4 Å². The fourth-order valence-electron chi connectivity index (χ4n) is 8.92. The highest BCUT2D eigenvalue weighted by molar-refractivity contribution is 7.90. The van der Waals surface area contributed by atoms with E-state index < -0.39 is 21.5 Å². The minimum absolute atomic E-state index is 0.0516. The number of fused-ring (bicyclic) bond motifs is 4. The first-order valence-electron chi connectivity index (χ1n) is 19.1. The second kappa shape index (κ2) is 16.0. The zero-order valence-electron chi connectivity index (χ0n) is 30.9. The molecule has 1 amide bonds. The van der Waals surface area contributed by atoms with Crippen LogP contribution in [0.1, 0.15) is 61.0 Å². The van der Waals surface area contributed by atoms with E-state index in [-0.39, 0.29) is 23.5 Å². The monoisotopic (exact) mass is 754 g/mol. The quantitative estimate of drug-likeness (QED) is 0.414. The van der Waals surface area contributed by atoms with Crippen LogP contribution in [0.3, 0.4) is 0 Å². The zero-order chi connectivity index (χ0) is 36.5. The predicted molar refractivity (Wildman–Crippen MR) is 205 cm³/mol. The third-order valence-electron chi connectivity index (χ3n) is 12.4. The lowest BCUT2D eigenvalue weighted by Crippen LogP contribution is -2.62. The van der Waals surface area contributed by atoms with E-state index >= 15 is 0 Å². The van der Waals surface area contributed by atoms with Crippen LogP contribution in [0.15, 0.2) is 48.6 Å². The van der Waals surface area contributed by atoms with Crippen molar-refractivity contribution in [2.45, 2.75) is 64.2 Å². The van der Waals surface area contributed by atoms with Crippen LogP contribution < -0.4 is 14.4 Å². The predicted octanol–water partition coefficient (Wildman–Crippen LogP) is 5.39. The summed E-state index contributed by atoms with van der Waals surface area (Å²) >= 11 is 6.40. The lowest BCUT2D eigenvalue weighted by Gasteiger charge is -2.53. The van der Waals surface area contributed by atoms with Crippen molar-refractivity contribution in [2.24, 2.45) is 23.7 Å². The van der Waals surface area contributed by atoms with Crippen LogP contribution in [0.2, 0.25) is 5.02 Å². The molecule has 3 fully saturated rings. The first-order valence-corrected chi connectivity index (χ1v) is 21.2. The number of morpholine rings is 1. The normalized spacial score (nSPS) is 32.4. The van der Waals surface area contributed by atoms with Gasteiger partial charge in [0.2, 0.25) is 10.0 Å². The second-order valence-electron chi connectivity index (χ2n) is 15.8. The average Bonchev–Trinajstić information content (AvgIpc) is 3.14. The molecule has 12 heteroatoms. The maximum absolute atomic E-state index is 13.5. The van der Waals surface area contributed by atoms with Crippen LogP contribution in [0.4, 0.5) is 5.69 Å². The molecule has 1 saturated carbocycles. The van der Waals surface area contributed by atoms with E-state index in [0.29, 0.717) is 29.9 Å². The minimum Gasteiger partial charge on any atom is -0.487 e. The molecule has 2 aromatic rings. The Balaban J connectivity index is 1.25. The van der Waals surface area contributed by atoms with Crippen molar-refractivity contribution in [2.75, 3.05) is 76.8 Å². The number of hydrogen-bond acceptors (Lipinski definition) is 9. The number of carbonyl (C=O) groups excluding carboxylic acids is 1. The van der Waals surface area contributed by atoms with E-state index in [1.807, 2.05) is 44.4 Å². The molecule has 5 aliphatic rings. The second-order valence-corrected chi connectivity index (χ2v) is 18.0. The number of allylic oxidation sites excluding steroid dienone is 1. The van der Waals surface area contributed by atoms with E-state index in [2.05, 4.69) is 38.5 Å². The van der Waals surface area contributed by atoms with Gasteiger partial charge in [0.25, 0.3) is 5.91 Å². The minimum atomic E-state index is -3.91. The summed E-state index contributed by atoms with van der Waals surface area (Å²) in [7, 11) is -2.07. The molecule has 1 aliphatic carbocycles. The fraction of sp³-hybridized carbons (Fsp3) is 0.625. The summed E-state index contributed by atoms with van der Waals surface area (Å²) in [5, 5.41) is 0.717. The van der Waals surface area contributed by atoms with Gasteiger partial charge in [-0.2, -0.15) is 0 Å². The van der Waals surface area contributed by atoms with Gasteiger partial charge in [0.05, 0.1) is 24.7 Å². The molecule has 2 saturated heterocycles. The molecule has 0 spiro atoms. The molecule has 2 bridgehead atoms. The third-order valence-corrected chi connectivity index (χ3v) is 14.1. The number of rotatable bonds is 3. The zero-order valence-corrected chi connectivity index (χ0v) is 32.5. The van der Waals surface area contributed by atoms with Gasteiger partial charge in [0, 0.05) is 69.6 Å². The van der Waals surface area contributed by atoms with E-state index in [4.69, 9.17) is 25.8 Å². The topological polar surface area (TPSA) is 101 Å². The summed E-state index contributed by atoms with van der Waals surface area (Å²) in [4.78, 5) is 21.0. The van der Waals surface area contributed by atoms with Gasteiger partial charge in [-0.25, -0.2) is 13.1 Å². The largest absolute Gasteiger partial charge is 0.487 e. The van der Waals surface area contributed by atoms with Gasteiger partial charge in [-0.3, -0.25) is 14.6 Å². The van der Waals surface area contributed by atoms with E-state index in [0.717, 1.165) is 107 Å². The number of aryl methyl sites for hydroxylation is 1. The van der Waals surface area contributed by atoms with Crippen molar-refractivity contribution in [1.29, 1.82) is 0 Å². The van der Waals surface area contributed by atoms with Crippen molar-refractivity contribution in [3.8, 4) is 5.75 Å². The number of sulfonamides is 1. The highest BCUT2D eigenvalue weighted by atomic mass is 35.5. The highest BCUT2D eigenvalue weighted by Crippen LogP contribution is 2.47. The Kier molecular flexibility index (Phi) is 11.6. The maximum atomic E-state index is 13.5. The van der Waals surface area contributed by atoms with Crippen molar-refractivity contribution in [3.63, 3.8) is 0 Å². The summed E-state index contributed by atoms with van der Waals surface area (Å²) in [6.07, 6.45) is 9.36. The van der Waals surface area contributed by atoms with Gasteiger partial charge in [-0.05, 0) is 97.2 Å². The molecule has 0 aromatic heterocycles. The Morgan fingerprint density at radius 3 is 2.69 bits per heavy atom. The van der Waals surface area contributed by atoms with Crippen LogP contribution in [0, 0.1) is 23.7 Å². The Hall–Kier alpha value is -2.67. The summed E-state index contributed by atoms with van der Waals surface area (Å²) in [6, 6.07) is 11.7. The molecular formula is C40H55ClN4O6S. The molecule has 1 N–H and O–H groups in total. The van der Waals surface area contributed by atoms with Gasteiger partial charge >= 0.3 is 0 Å². The molecule has 7 rings (SSSR count). The summed E-state index contributed by atoms with van der Waals surface area (Å²) in [5.41, 5.74) is 2.84. The standard InChI is InChI=1S/C40H55ClN4O6S/c1-28-13-14-40(49-3,27-43-16-17-44-18-19-50-25-35(44)23-43)36-11-8-32(36)22-45-15-5-4-6-30-20-34(41)10-7-33(30)24-51-38-12-9-31(21-37(38)45)39(46)42-52(47,48)26-29(28)2/h7,9-10,12-14,20-21,28-29,32,35-36H,4-6,8,11,15-19,22-27H2,1-3H3,(H,42,46)/b14-13+/t28-,29+,32-,35-,36+,40+/m0/s1. The molecule has 4 aliphatic heterocycles. The molecular weight excluding hydrogens is 700 g/mol. The number of piperazine rings is 1. The van der Waals surface area contributed by atoms with Gasteiger partial charge in [-0.15, -0.1) is 0 Å². The van der Waals surface area contributed by atoms with Crippen LogP contribution in [-0.2, 0) is 32.5 Å². The van der Waals surface area contributed by atoms with Crippen LogP contribution in [-0.4, -0.2) is 108 Å². The molecule has 6 atom stereocenters.